The lowest BCUT2D eigenvalue weighted by Gasteiger charge is -2.19. The maximum Gasteiger partial charge on any atom is 0.414 e. The minimum atomic E-state index is -0.250. The molecule has 1 atom stereocenters. The summed E-state index contributed by atoms with van der Waals surface area (Å²) < 4.78 is 6.71. The molecule has 1 fully saturated rings. The lowest BCUT2D eigenvalue weighted by Crippen LogP contribution is -2.24. The number of rotatable bonds is 4. The first kappa shape index (κ1) is 18.0. The van der Waals surface area contributed by atoms with Crippen LogP contribution in [-0.4, -0.2) is 23.7 Å². The predicted octanol–water partition coefficient (Wildman–Crippen LogP) is 5.55. The fraction of sp³-hybridized carbons (Fsp3) is 0.364. The number of nitrogens with zero attached hydrogens (tertiary/aromatic N) is 2. The Labute approximate surface area is 163 Å². The van der Waals surface area contributed by atoms with Gasteiger partial charge in [-0.15, -0.1) is 11.3 Å². The summed E-state index contributed by atoms with van der Waals surface area (Å²) in [5, 5.41) is 3.08. The average Bonchev–Trinajstić information content (AvgIpc) is 3.22. The van der Waals surface area contributed by atoms with Gasteiger partial charge in [0.05, 0.1) is 16.9 Å². The molecule has 0 saturated carbocycles. The van der Waals surface area contributed by atoms with Crippen molar-refractivity contribution in [1.82, 2.24) is 4.98 Å². The van der Waals surface area contributed by atoms with Crippen LogP contribution in [0, 0.1) is 0 Å². The van der Waals surface area contributed by atoms with E-state index in [-0.39, 0.29) is 17.6 Å². The highest BCUT2D eigenvalue weighted by molar-refractivity contribution is 7.17. The quantitative estimate of drug-likeness (QED) is 0.596. The zero-order chi connectivity index (χ0) is 19.0. The molecule has 1 amide bonds. The monoisotopic (exact) mass is 380 g/mol. The Bertz CT molecular complexity index is 956. The summed E-state index contributed by atoms with van der Waals surface area (Å²) in [5.74, 6) is 0. The highest BCUT2D eigenvalue weighted by atomic mass is 32.1. The topological polar surface area (TPSA) is 42.4 Å². The van der Waals surface area contributed by atoms with Crippen LogP contribution in [0.1, 0.15) is 38.3 Å². The van der Waals surface area contributed by atoms with Gasteiger partial charge in [-0.25, -0.2) is 4.79 Å². The molecule has 4 nitrogen and oxygen atoms in total. The molecule has 5 heteroatoms. The van der Waals surface area contributed by atoms with Crippen molar-refractivity contribution < 1.29 is 9.53 Å². The zero-order valence-electron chi connectivity index (χ0n) is 15.9. The number of cyclic esters (lactones) is 1. The van der Waals surface area contributed by atoms with E-state index in [4.69, 9.17) is 4.74 Å². The Morgan fingerprint density at radius 1 is 1.22 bits per heavy atom. The van der Waals surface area contributed by atoms with E-state index < -0.39 is 0 Å². The van der Waals surface area contributed by atoms with Gasteiger partial charge in [-0.1, -0.05) is 45.0 Å². The molecule has 1 aliphatic heterocycles. The Hall–Kier alpha value is -2.40. The highest BCUT2D eigenvalue weighted by Crippen LogP contribution is 2.35. The zero-order valence-corrected chi connectivity index (χ0v) is 16.8. The van der Waals surface area contributed by atoms with Gasteiger partial charge >= 0.3 is 6.09 Å². The summed E-state index contributed by atoms with van der Waals surface area (Å²) in [6.07, 6.45) is 5.02. The van der Waals surface area contributed by atoms with Gasteiger partial charge in [-0.3, -0.25) is 9.88 Å². The molecule has 1 saturated heterocycles. The lowest BCUT2D eigenvalue weighted by molar-refractivity contribution is 0.137. The van der Waals surface area contributed by atoms with Gasteiger partial charge in [-0.05, 0) is 35.4 Å². The molecule has 0 N–H and O–H groups in total. The number of hydrogen-bond donors (Lipinski definition) is 0. The van der Waals surface area contributed by atoms with Crippen LogP contribution in [0.4, 0.5) is 10.5 Å². The van der Waals surface area contributed by atoms with E-state index in [9.17, 15) is 4.79 Å². The number of benzene rings is 1. The molecule has 3 aromatic rings. The second-order valence-electron chi connectivity index (χ2n) is 8.09. The van der Waals surface area contributed by atoms with Gasteiger partial charge in [0.2, 0.25) is 0 Å². The van der Waals surface area contributed by atoms with Crippen LogP contribution >= 0.6 is 11.3 Å². The third-order valence-electron chi connectivity index (χ3n) is 5.10. The predicted molar refractivity (Wildman–Crippen MR) is 111 cm³/mol. The number of pyridine rings is 1. The molecule has 0 spiro atoms. The van der Waals surface area contributed by atoms with E-state index >= 15 is 0 Å². The minimum Gasteiger partial charge on any atom is -0.444 e. The summed E-state index contributed by atoms with van der Waals surface area (Å²) >= 11 is 1.61. The van der Waals surface area contributed by atoms with Crippen LogP contribution in [0.2, 0.25) is 0 Å². The largest absolute Gasteiger partial charge is 0.444 e. The maximum atomic E-state index is 12.4. The number of carbonyl (C=O) groups excluding carboxylic acids is 1. The fourth-order valence-electron chi connectivity index (χ4n) is 3.44. The van der Waals surface area contributed by atoms with E-state index in [1.54, 1.807) is 22.4 Å². The Balaban J connectivity index is 1.41. The van der Waals surface area contributed by atoms with Crippen LogP contribution in [0.3, 0.4) is 0 Å². The summed E-state index contributed by atoms with van der Waals surface area (Å²) in [5.41, 5.74) is 3.71. The maximum absolute atomic E-state index is 12.4. The fourth-order valence-corrected chi connectivity index (χ4v) is 4.36. The van der Waals surface area contributed by atoms with Crippen LogP contribution in [0.15, 0.2) is 48.1 Å². The van der Waals surface area contributed by atoms with E-state index in [1.807, 2.05) is 17.6 Å². The molecule has 4 rings (SSSR count). The molecular weight excluding hydrogens is 356 g/mol. The molecule has 2 aromatic heterocycles. The summed E-state index contributed by atoms with van der Waals surface area (Å²) in [4.78, 5) is 18.3. The second-order valence-corrected chi connectivity index (χ2v) is 9.01. The molecule has 0 unspecified atom stereocenters. The number of carbonyl (C=O) groups is 1. The van der Waals surface area contributed by atoms with Crippen molar-refractivity contribution in [3.05, 3.63) is 59.2 Å². The number of anilines is 1. The van der Waals surface area contributed by atoms with Gasteiger partial charge in [-0.2, -0.15) is 0 Å². The van der Waals surface area contributed by atoms with Crippen LogP contribution in [-0.2, 0) is 16.6 Å². The smallest absolute Gasteiger partial charge is 0.414 e. The molecule has 27 heavy (non-hydrogen) atoms. The van der Waals surface area contributed by atoms with Crippen molar-refractivity contribution >= 4 is 33.2 Å². The molecule has 3 heterocycles. The molecule has 0 aliphatic carbocycles. The SMILES string of the molecule is CC(C)(C)c1ccc(CC[C@@H]2CN(c3csc4cnccc34)C(=O)O2)cc1. The van der Waals surface area contributed by atoms with Crippen LogP contribution in [0.5, 0.6) is 0 Å². The normalized spacial score (nSPS) is 17.5. The minimum absolute atomic E-state index is 0.0726. The standard InChI is InChI=1S/C22H24N2O2S/c1-22(2,3)16-7-4-15(5-8-16)6-9-17-13-24(21(25)26-17)19-14-27-20-12-23-11-10-18(19)20/h4-5,7-8,10-12,14,17H,6,9,13H2,1-3H3/t17-/m1/s1. The molecule has 0 radical (unpaired) electrons. The summed E-state index contributed by atoms with van der Waals surface area (Å²) in [6.45, 7) is 7.27. The lowest BCUT2D eigenvalue weighted by atomic mass is 9.86. The van der Waals surface area contributed by atoms with Crippen molar-refractivity contribution in [2.24, 2.45) is 0 Å². The third-order valence-corrected chi connectivity index (χ3v) is 6.02. The first-order chi connectivity index (χ1) is 12.9. The first-order valence-electron chi connectivity index (χ1n) is 9.30. The Kier molecular flexibility index (Phi) is 4.64. The Morgan fingerprint density at radius 3 is 2.74 bits per heavy atom. The van der Waals surface area contributed by atoms with E-state index in [0.29, 0.717) is 6.54 Å². The van der Waals surface area contributed by atoms with Gasteiger partial charge in [0.25, 0.3) is 0 Å². The summed E-state index contributed by atoms with van der Waals surface area (Å²) in [7, 11) is 0. The van der Waals surface area contributed by atoms with Gasteiger partial charge < -0.3 is 4.74 Å². The number of thiophene rings is 1. The average molecular weight is 381 g/mol. The van der Waals surface area contributed by atoms with Gasteiger partial charge in [0, 0.05) is 23.2 Å². The second kappa shape index (κ2) is 6.97. The molecule has 140 valence electrons. The van der Waals surface area contributed by atoms with Crippen molar-refractivity contribution in [3.8, 4) is 0 Å². The molecular formula is C22H24N2O2S. The number of aromatic nitrogens is 1. The molecule has 1 aromatic carbocycles. The van der Waals surface area contributed by atoms with E-state index in [0.717, 1.165) is 28.6 Å². The van der Waals surface area contributed by atoms with Crippen LogP contribution < -0.4 is 4.90 Å². The molecule has 1 aliphatic rings. The first-order valence-corrected chi connectivity index (χ1v) is 10.2. The Morgan fingerprint density at radius 2 is 2.00 bits per heavy atom. The third kappa shape index (κ3) is 3.69. The number of amides is 1. The van der Waals surface area contributed by atoms with Crippen LogP contribution in [0.25, 0.3) is 10.1 Å². The van der Waals surface area contributed by atoms with Crippen molar-refractivity contribution in [3.63, 3.8) is 0 Å². The van der Waals surface area contributed by atoms with Crippen molar-refractivity contribution in [1.29, 1.82) is 0 Å². The number of fused-ring (bicyclic) bond motifs is 1. The van der Waals surface area contributed by atoms with Gasteiger partial charge in [0.15, 0.2) is 0 Å². The summed E-state index contributed by atoms with van der Waals surface area (Å²) in [6, 6.07) is 10.7. The number of ether oxygens (including phenoxy) is 1. The number of hydrogen-bond acceptors (Lipinski definition) is 4. The van der Waals surface area contributed by atoms with E-state index in [1.165, 1.54) is 11.1 Å². The van der Waals surface area contributed by atoms with E-state index in [2.05, 4.69) is 50.0 Å². The molecule has 0 bridgehead atoms. The highest BCUT2D eigenvalue weighted by Gasteiger charge is 2.33. The van der Waals surface area contributed by atoms with Gasteiger partial charge in [0.1, 0.15) is 6.10 Å². The number of aryl methyl sites for hydroxylation is 1. The van der Waals surface area contributed by atoms with Crippen molar-refractivity contribution in [2.45, 2.75) is 45.1 Å². The van der Waals surface area contributed by atoms with Crippen molar-refractivity contribution in [2.75, 3.05) is 11.4 Å².